The Kier molecular flexibility index (Phi) is 3.53. The van der Waals surface area contributed by atoms with Gasteiger partial charge in [0.2, 0.25) is 0 Å². The summed E-state index contributed by atoms with van der Waals surface area (Å²) in [6.45, 7) is 1.64. The first kappa shape index (κ1) is 13.3. The first-order valence-electron chi connectivity index (χ1n) is 6.63. The van der Waals surface area contributed by atoms with Crippen LogP contribution in [-0.4, -0.2) is 20.1 Å². The number of benzene rings is 2. The summed E-state index contributed by atoms with van der Waals surface area (Å²) in [7, 11) is 2.06. The average Bonchev–Trinajstić information content (AvgIpc) is 2.48. The molecular weight excluding hydrogens is 275 g/mol. The lowest BCUT2D eigenvalue weighted by atomic mass is 10.1. The maximum Gasteiger partial charge on any atom is 0.147 e. The largest absolute Gasteiger partial charge is 0.371 e. The highest BCUT2D eigenvalue weighted by Gasteiger charge is 2.22. The SMILES string of the molecule is CN1CCN(c2ccc(CCl)cc2F)c2ccccc21. The molecule has 104 valence electrons. The number of hydrogen-bond donors (Lipinski definition) is 0. The van der Waals surface area contributed by atoms with Gasteiger partial charge in [-0.2, -0.15) is 0 Å². The van der Waals surface area contributed by atoms with Gasteiger partial charge in [0.1, 0.15) is 5.82 Å². The van der Waals surface area contributed by atoms with Gasteiger partial charge >= 0.3 is 0 Å². The molecule has 1 aliphatic rings. The molecule has 0 fully saturated rings. The summed E-state index contributed by atoms with van der Waals surface area (Å²) in [4.78, 5) is 4.22. The molecule has 0 aromatic heterocycles. The Morgan fingerprint density at radius 2 is 1.80 bits per heavy atom. The van der Waals surface area contributed by atoms with E-state index < -0.39 is 0 Å². The normalized spacial score (nSPS) is 14.3. The Hall–Kier alpha value is -1.74. The van der Waals surface area contributed by atoms with Crippen LogP contribution in [0, 0.1) is 5.82 Å². The molecule has 4 heteroatoms. The number of anilines is 3. The zero-order valence-electron chi connectivity index (χ0n) is 11.3. The molecule has 2 aromatic rings. The van der Waals surface area contributed by atoms with Crippen molar-refractivity contribution in [2.45, 2.75) is 5.88 Å². The van der Waals surface area contributed by atoms with Crippen molar-refractivity contribution >= 4 is 28.7 Å². The van der Waals surface area contributed by atoms with Gasteiger partial charge in [-0.15, -0.1) is 11.6 Å². The van der Waals surface area contributed by atoms with Crippen LogP contribution in [0.4, 0.5) is 21.5 Å². The van der Waals surface area contributed by atoms with Gasteiger partial charge in [-0.25, -0.2) is 4.39 Å². The van der Waals surface area contributed by atoms with Crippen LogP contribution in [0.3, 0.4) is 0 Å². The Balaban J connectivity index is 2.05. The van der Waals surface area contributed by atoms with Crippen molar-refractivity contribution in [2.24, 2.45) is 0 Å². The summed E-state index contributed by atoms with van der Waals surface area (Å²) < 4.78 is 14.3. The molecule has 0 unspecified atom stereocenters. The molecule has 1 heterocycles. The molecule has 20 heavy (non-hydrogen) atoms. The molecule has 0 amide bonds. The summed E-state index contributed by atoms with van der Waals surface area (Å²) in [6, 6.07) is 13.3. The van der Waals surface area contributed by atoms with Crippen LogP contribution in [0.15, 0.2) is 42.5 Å². The van der Waals surface area contributed by atoms with Gasteiger partial charge in [0.25, 0.3) is 0 Å². The lowest BCUT2D eigenvalue weighted by Gasteiger charge is -2.37. The first-order valence-corrected chi connectivity index (χ1v) is 7.16. The molecule has 3 rings (SSSR count). The van der Waals surface area contributed by atoms with Gasteiger partial charge in [-0.05, 0) is 29.8 Å². The lowest BCUT2D eigenvalue weighted by molar-refractivity contribution is 0.622. The number of para-hydroxylation sites is 2. The molecule has 0 atom stereocenters. The predicted octanol–water partition coefficient (Wildman–Crippen LogP) is 4.15. The van der Waals surface area contributed by atoms with E-state index >= 15 is 0 Å². The van der Waals surface area contributed by atoms with Gasteiger partial charge in [-0.3, -0.25) is 0 Å². The third-order valence-electron chi connectivity index (χ3n) is 3.70. The second-order valence-corrected chi connectivity index (χ2v) is 5.25. The minimum atomic E-state index is -0.220. The Morgan fingerprint density at radius 1 is 1.05 bits per heavy atom. The summed E-state index contributed by atoms with van der Waals surface area (Å²) in [5, 5.41) is 0. The van der Waals surface area contributed by atoms with E-state index in [4.69, 9.17) is 11.6 Å². The molecule has 2 nitrogen and oxygen atoms in total. The van der Waals surface area contributed by atoms with E-state index in [0.717, 1.165) is 30.0 Å². The Labute approximate surface area is 123 Å². The molecule has 0 N–H and O–H groups in total. The fourth-order valence-corrected chi connectivity index (χ4v) is 2.77. The molecule has 0 aliphatic carbocycles. The topological polar surface area (TPSA) is 6.48 Å². The monoisotopic (exact) mass is 290 g/mol. The highest BCUT2D eigenvalue weighted by atomic mass is 35.5. The maximum atomic E-state index is 14.3. The quantitative estimate of drug-likeness (QED) is 0.767. The number of rotatable bonds is 2. The number of nitrogens with zero attached hydrogens (tertiary/aromatic N) is 2. The lowest BCUT2D eigenvalue weighted by Crippen LogP contribution is -2.36. The maximum absolute atomic E-state index is 14.3. The van der Waals surface area contributed by atoms with Crippen LogP contribution >= 0.6 is 11.6 Å². The standard InChI is InChI=1S/C16H16ClFN2/c1-19-8-9-20(16-5-3-2-4-15(16)19)14-7-6-12(11-17)10-13(14)18/h2-7,10H,8-9,11H2,1H3. The number of alkyl halides is 1. The Morgan fingerprint density at radius 3 is 2.50 bits per heavy atom. The fourth-order valence-electron chi connectivity index (χ4n) is 2.61. The van der Waals surface area contributed by atoms with E-state index in [1.807, 2.05) is 35.2 Å². The zero-order chi connectivity index (χ0) is 14.1. The highest BCUT2D eigenvalue weighted by molar-refractivity contribution is 6.17. The number of fused-ring (bicyclic) bond motifs is 1. The molecule has 0 saturated heterocycles. The number of hydrogen-bond acceptors (Lipinski definition) is 2. The van der Waals surface area contributed by atoms with Crippen molar-refractivity contribution in [3.05, 3.63) is 53.8 Å². The van der Waals surface area contributed by atoms with E-state index in [2.05, 4.69) is 18.0 Å². The first-order chi connectivity index (χ1) is 9.70. The molecule has 0 bridgehead atoms. The van der Waals surface area contributed by atoms with Crippen LogP contribution in [0.25, 0.3) is 0 Å². The van der Waals surface area contributed by atoms with Crippen LogP contribution < -0.4 is 9.80 Å². The van der Waals surface area contributed by atoms with E-state index in [1.54, 1.807) is 0 Å². The Bertz CT molecular complexity index is 630. The summed E-state index contributed by atoms with van der Waals surface area (Å²) in [5.41, 5.74) is 3.58. The van der Waals surface area contributed by atoms with Crippen molar-refractivity contribution in [3.63, 3.8) is 0 Å². The second kappa shape index (κ2) is 5.33. The minimum Gasteiger partial charge on any atom is -0.371 e. The number of likely N-dealkylation sites (N-methyl/N-ethyl adjacent to an activating group) is 1. The van der Waals surface area contributed by atoms with Crippen LogP contribution in [0.1, 0.15) is 5.56 Å². The van der Waals surface area contributed by atoms with Crippen LogP contribution in [0.2, 0.25) is 0 Å². The van der Waals surface area contributed by atoms with E-state index in [9.17, 15) is 4.39 Å². The molecule has 0 radical (unpaired) electrons. The summed E-state index contributed by atoms with van der Waals surface area (Å²) in [6.07, 6.45) is 0. The van der Waals surface area contributed by atoms with Crippen molar-refractivity contribution in [2.75, 3.05) is 29.9 Å². The van der Waals surface area contributed by atoms with Gasteiger partial charge in [0.15, 0.2) is 0 Å². The van der Waals surface area contributed by atoms with Gasteiger partial charge in [0.05, 0.1) is 17.1 Å². The summed E-state index contributed by atoms with van der Waals surface area (Å²) in [5.74, 6) is 0.110. The molecule has 0 saturated carbocycles. The third kappa shape index (κ3) is 2.22. The van der Waals surface area contributed by atoms with Gasteiger partial charge < -0.3 is 9.80 Å². The average molecular weight is 291 g/mol. The van der Waals surface area contributed by atoms with E-state index in [1.165, 1.54) is 6.07 Å². The highest BCUT2D eigenvalue weighted by Crippen LogP contribution is 2.37. The van der Waals surface area contributed by atoms with E-state index in [0.29, 0.717) is 11.6 Å². The smallest absolute Gasteiger partial charge is 0.147 e. The fraction of sp³-hybridized carbons (Fsp3) is 0.250. The van der Waals surface area contributed by atoms with E-state index in [-0.39, 0.29) is 5.82 Å². The van der Waals surface area contributed by atoms with Crippen molar-refractivity contribution in [3.8, 4) is 0 Å². The van der Waals surface area contributed by atoms with Gasteiger partial charge in [-0.1, -0.05) is 18.2 Å². The van der Waals surface area contributed by atoms with Crippen molar-refractivity contribution < 1.29 is 4.39 Å². The number of halogens is 2. The van der Waals surface area contributed by atoms with Crippen LogP contribution in [-0.2, 0) is 5.88 Å². The summed E-state index contributed by atoms with van der Waals surface area (Å²) >= 11 is 5.75. The molecular formula is C16H16ClFN2. The minimum absolute atomic E-state index is 0.220. The second-order valence-electron chi connectivity index (χ2n) is 4.98. The molecule has 0 spiro atoms. The molecule has 1 aliphatic heterocycles. The van der Waals surface area contributed by atoms with Crippen molar-refractivity contribution in [1.82, 2.24) is 0 Å². The molecule has 2 aromatic carbocycles. The predicted molar refractivity (Wildman–Crippen MR) is 82.7 cm³/mol. The zero-order valence-corrected chi connectivity index (χ0v) is 12.1. The van der Waals surface area contributed by atoms with Crippen molar-refractivity contribution in [1.29, 1.82) is 0 Å². The van der Waals surface area contributed by atoms with Gasteiger partial charge in [0, 0.05) is 26.0 Å². The van der Waals surface area contributed by atoms with Crippen LogP contribution in [0.5, 0.6) is 0 Å². The third-order valence-corrected chi connectivity index (χ3v) is 4.01.